The van der Waals surface area contributed by atoms with Crippen LogP contribution >= 0.6 is 0 Å². The first-order valence-electron chi connectivity index (χ1n) is 10.2. The molecule has 4 unspecified atom stereocenters. The Hall–Kier alpha value is -2.93. The summed E-state index contributed by atoms with van der Waals surface area (Å²) in [5.74, 6) is -3.60. The molecule has 1 aromatic rings. The van der Waals surface area contributed by atoms with E-state index in [4.69, 9.17) is 10.00 Å². The van der Waals surface area contributed by atoms with Crippen molar-refractivity contribution >= 4 is 23.4 Å². The lowest BCUT2D eigenvalue weighted by molar-refractivity contribution is -0.180. The first-order valence-corrected chi connectivity index (χ1v) is 10.2. The van der Waals surface area contributed by atoms with E-state index in [0.29, 0.717) is 6.07 Å². The molecule has 4 rings (SSSR count). The number of nitrogens with zero attached hydrogens (tertiary/aromatic N) is 3. The van der Waals surface area contributed by atoms with Crippen LogP contribution in [0, 0.1) is 29.1 Å². The molecule has 0 aliphatic carbocycles. The molecule has 3 fully saturated rings. The normalized spacial score (nSPS) is 31.8. The van der Waals surface area contributed by atoms with E-state index in [2.05, 4.69) is 0 Å². The van der Waals surface area contributed by atoms with Gasteiger partial charge in [-0.2, -0.15) is 18.4 Å². The Labute approximate surface area is 182 Å². The van der Waals surface area contributed by atoms with Gasteiger partial charge in [0.2, 0.25) is 17.7 Å². The van der Waals surface area contributed by atoms with Gasteiger partial charge in [0, 0.05) is 5.92 Å². The smallest absolute Gasteiger partial charge is 0.364 e. The van der Waals surface area contributed by atoms with Crippen LogP contribution in [0.5, 0.6) is 0 Å². The average Bonchev–Trinajstić information content (AvgIpc) is 3.06. The summed E-state index contributed by atoms with van der Waals surface area (Å²) in [6, 6.07) is 4.27. The summed E-state index contributed by atoms with van der Waals surface area (Å²) in [5, 5.41) is 9.01. The summed E-state index contributed by atoms with van der Waals surface area (Å²) in [4.78, 5) is 41.8. The second-order valence-electron chi connectivity index (χ2n) is 9.38. The molecular formula is C22H22F3N3O4. The van der Waals surface area contributed by atoms with Crippen molar-refractivity contribution in [1.82, 2.24) is 4.90 Å². The molecule has 0 N–H and O–H groups in total. The van der Waals surface area contributed by atoms with Crippen LogP contribution in [0.1, 0.15) is 38.8 Å². The number of rotatable bonds is 2. The largest absolute Gasteiger partial charge is 0.417 e. The molecule has 4 atom stereocenters. The van der Waals surface area contributed by atoms with Gasteiger partial charge >= 0.3 is 6.18 Å². The number of amides is 3. The third-order valence-electron chi connectivity index (χ3n) is 6.59. The molecular weight excluding hydrogens is 427 g/mol. The van der Waals surface area contributed by atoms with Gasteiger partial charge in [-0.25, -0.2) is 4.90 Å². The highest BCUT2D eigenvalue weighted by Crippen LogP contribution is 2.55. The van der Waals surface area contributed by atoms with Crippen molar-refractivity contribution in [2.45, 2.75) is 45.1 Å². The molecule has 3 aliphatic rings. The maximum atomic E-state index is 13.4. The maximum absolute atomic E-state index is 13.4. The lowest BCUT2D eigenvalue weighted by atomic mass is 9.79. The molecule has 0 spiro atoms. The number of carbonyl (C=O) groups is 3. The number of imide groups is 1. The average molecular weight is 449 g/mol. The van der Waals surface area contributed by atoms with Crippen LogP contribution in [0.3, 0.4) is 0 Å². The molecule has 7 nitrogen and oxygen atoms in total. The van der Waals surface area contributed by atoms with Crippen LogP contribution in [-0.4, -0.2) is 46.9 Å². The molecule has 170 valence electrons. The fourth-order valence-corrected chi connectivity index (χ4v) is 5.41. The molecule has 32 heavy (non-hydrogen) atoms. The van der Waals surface area contributed by atoms with Crippen molar-refractivity contribution in [3.63, 3.8) is 0 Å². The Balaban J connectivity index is 1.75. The van der Waals surface area contributed by atoms with E-state index in [9.17, 15) is 27.6 Å². The van der Waals surface area contributed by atoms with E-state index < -0.39 is 52.2 Å². The second-order valence-corrected chi connectivity index (χ2v) is 9.38. The van der Waals surface area contributed by atoms with Crippen molar-refractivity contribution in [3.8, 4) is 6.07 Å². The second kappa shape index (κ2) is 6.78. The van der Waals surface area contributed by atoms with Crippen LogP contribution in [0.25, 0.3) is 0 Å². The van der Waals surface area contributed by atoms with Crippen molar-refractivity contribution in [2.75, 3.05) is 18.0 Å². The zero-order valence-corrected chi connectivity index (χ0v) is 18.0. The summed E-state index contributed by atoms with van der Waals surface area (Å²) in [7, 11) is 0. The number of fused-ring (bicyclic) bond motifs is 5. The first-order chi connectivity index (χ1) is 14.7. The molecule has 3 heterocycles. The van der Waals surface area contributed by atoms with E-state index in [-0.39, 0.29) is 30.6 Å². The van der Waals surface area contributed by atoms with Gasteiger partial charge in [0.25, 0.3) is 0 Å². The minimum Gasteiger partial charge on any atom is -0.364 e. The number of halogens is 3. The highest BCUT2D eigenvalue weighted by molar-refractivity contribution is 6.23. The van der Waals surface area contributed by atoms with Crippen LogP contribution in [0.4, 0.5) is 18.9 Å². The molecule has 2 bridgehead atoms. The summed E-state index contributed by atoms with van der Waals surface area (Å²) >= 11 is 0. The molecule has 0 saturated carbocycles. The Bertz CT molecular complexity index is 1040. The third kappa shape index (κ3) is 3.02. The predicted octanol–water partition coefficient (Wildman–Crippen LogP) is 2.73. The van der Waals surface area contributed by atoms with E-state index in [1.807, 2.05) is 0 Å². The molecule has 3 saturated heterocycles. The van der Waals surface area contributed by atoms with Crippen LogP contribution in [0.15, 0.2) is 18.2 Å². The zero-order chi connectivity index (χ0) is 23.8. The highest BCUT2D eigenvalue weighted by atomic mass is 19.4. The van der Waals surface area contributed by atoms with Gasteiger partial charge in [0.1, 0.15) is 0 Å². The number of hydrogen-bond donors (Lipinski definition) is 0. The summed E-state index contributed by atoms with van der Waals surface area (Å²) in [6.45, 7) is 7.04. The lowest BCUT2D eigenvalue weighted by Gasteiger charge is -2.45. The quantitative estimate of drug-likeness (QED) is 0.648. The molecule has 0 aromatic heterocycles. The lowest BCUT2D eigenvalue weighted by Crippen LogP contribution is -2.60. The third-order valence-corrected chi connectivity index (χ3v) is 6.59. The van der Waals surface area contributed by atoms with Gasteiger partial charge in [-0.05, 0) is 32.0 Å². The van der Waals surface area contributed by atoms with Gasteiger partial charge in [0.15, 0.2) is 0 Å². The Morgan fingerprint density at radius 3 is 2.12 bits per heavy atom. The van der Waals surface area contributed by atoms with Crippen LogP contribution < -0.4 is 4.90 Å². The molecule has 0 radical (unpaired) electrons. The number of anilines is 1. The van der Waals surface area contributed by atoms with Crippen LogP contribution in [0.2, 0.25) is 0 Å². The number of benzene rings is 1. The molecule has 10 heteroatoms. The van der Waals surface area contributed by atoms with Gasteiger partial charge in [-0.1, -0.05) is 13.8 Å². The van der Waals surface area contributed by atoms with Gasteiger partial charge < -0.3 is 9.64 Å². The first kappa shape index (κ1) is 22.3. The highest BCUT2D eigenvalue weighted by Gasteiger charge is 2.72. The van der Waals surface area contributed by atoms with Crippen LogP contribution in [-0.2, 0) is 25.3 Å². The van der Waals surface area contributed by atoms with Crippen molar-refractivity contribution < 1.29 is 32.3 Å². The number of morpholine rings is 1. The number of nitriles is 1. The van der Waals surface area contributed by atoms with E-state index in [1.165, 1.54) is 12.1 Å². The Morgan fingerprint density at radius 2 is 1.69 bits per heavy atom. The van der Waals surface area contributed by atoms with E-state index in [0.717, 1.165) is 11.0 Å². The van der Waals surface area contributed by atoms with Gasteiger partial charge in [-0.3, -0.25) is 14.4 Å². The zero-order valence-electron chi connectivity index (χ0n) is 18.0. The number of carbonyl (C=O) groups excluding carboxylic acids is 3. The predicted molar refractivity (Wildman–Crippen MR) is 105 cm³/mol. The van der Waals surface area contributed by atoms with Gasteiger partial charge in [0.05, 0.1) is 59.0 Å². The molecule has 1 aromatic carbocycles. The van der Waals surface area contributed by atoms with Crippen molar-refractivity contribution in [2.24, 2.45) is 17.8 Å². The number of alkyl halides is 3. The molecule has 3 aliphatic heterocycles. The fraction of sp³-hybridized carbons (Fsp3) is 0.545. The van der Waals surface area contributed by atoms with Gasteiger partial charge in [-0.15, -0.1) is 0 Å². The monoisotopic (exact) mass is 449 g/mol. The number of ether oxygens (including phenoxy) is 1. The van der Waals surface area contributed by atoms with E-state index >= 15 is 0 Å². The van der Waals surface area contributed by atoms with Crippen molar-refractivity contribution in [1.29, 1.82) is 5.26 Å². The van der Waals surface area contributed by atoms with Crippen molar-refractivity contribution in [3.05, 3.63) is 29.3 Å². The summed E-state index contributed by atoms with van der Waals surface area (Å²) in [6.07, 6.45) is -4.82. The SMILES string of the molecule is CC(C)C(=O)N1CC2(C)OC(C)(C1)C1C(=O)N(c3ccc(C#N)c(C(F)(F)F)c3)C(=O)C12. The minimum atomic E-state index is -4.82. The number of hydrogen-bond acceptors (Lipinski definition) is 5. The Kier molecular flexibility index (Phi) is 4.72. The fourth-order valence-electron chi connectivity index (χ4n) is 5.41. The summed E-state index contributed by atoms with van der Waals surface area (Å²) < 4.78 is 46.4. The Morgan fingerprint density at radius 1 is 1.16 bits per heavy atom. The maximum Gasteiger partial charge on any atom is 0.417 e. The minimum absolute atomic E-state index is 0.106. The number of likely N-dealkylation sites (tertiary alicyclic amines) is 1. The standard InChI is InChI=1S/C22H22F3N3O4/c1-11(2)17(29)27-9-20(3)15-16(21(4,10-27)32-20)19(31)28(18(15)30)13-6-5-12(8-26)14(7-13)22(23,24)25/h5-7,11,15-16H,9-10H2,1-4H3. The molecule has 3 amide bonds. The topological polar surface area (TPSA) is 90.7 Å². The summed E-state index contributed by atoms with van der Waals surface area (Å²) in [5.41, 5.74) is -4.34. The van der Waals surface area contributed by atoms with E-state index in [1.54, 1.807) is 32.6 Å².